The molecular formula is C10H20B. The first-order valence-corrected chi connectivity index (χ1v) is 4.98. The summed E-state index contributed by atoms with van der Waals surface area (Å²) in [5.74, 6) is 0.762. The van der Waals surface area contributed by atoms with Gasteiger partial charge in [0.05, 0.1) is 0 Å². The fraction of sp³-hybridized carbons (Fsp3) is 1.00. The summed E-state index contributed by atoms with van der Waals surface area (Å²) in [5, 5.41) is 0.576. The van der Waals surface area contributed by atoms with Crippen LogP contribution < -0.4 is 0 Å². The van der Waals surface area contributed by atoms with E-state index in [2.05, 4.69) is 28.1 Å². The van der Waals surface area contributed by atoms with Gasteiger partial charge in [-0.2, -0.15) is 0 Å². The van der Waals surface area contributed by atoms with Crippen molar-refractivity contribution in [2.45, 2.75) is 64.0 Å². The Bertz CT molecular complexity index is 112. The third kappa shape index (κ3) is 2.88. The maximum atomic E-state index is 2.55. The summed E-state index contributed by atoms with van der Waals surface area (Å²) in [4.78, 5) is 0. The van der Waals surface area contributed by atoms with E-state index in [1.807, 2.05) is 0 Å². The van der Waals surface area contributed by atoms with Crippen LogP contribution in [0.1, 0.15) is 52.9 Å². The van der Waals surface area contributed by atoms with Crippen molar-refractivity contribution in [3.63, 3.8) is 0 Å². The summed E-state index contributed by atoms with van der Waals surface area (Å²) >= 11 is 0. The lowest BCUT2D eigenvalue weighted by Crippen LogP contribution is -2.21. The molecule has 11 heavy (non-hydrogen) atoms. The second-order valence-electron chi connectivity index (χ2n) is 4.63. The van der Waals surface area contributed by atoms with Gasteiger partial charge in [-0.05, 0) is 0 Å². The highest BCUT2D eigenvalue weighted by Gasteiger charge is 2.27. The van der Waals surface area contributed by atoms with Crippen LogP contribution in [0.3, 0.4) is 0 Å². The molecule has 0 aliphatic heterocycles. The normalized spacial score (nSPS) is 23.6. The maximum Gasteiger partial charge on any atom is 0.120 e. The molecule has 1 saturated carbocycles. The van der Waals surface area contributed by atoms with Crippen molar-refractivity contribution in [1.82, 2.24) is 0 Å². The zero-order chi connectivity index (χ0) is 8.32. The summed E-state index contributed by atoms with van der Waals surface area (Å²) in [5.41, 5.74) is 0. The Labute approximate surface area is 72.0 Å². The van der Waals surface area contributed by atoms with E-state index in [-0.39, 0.29) is 0 Å². The average Bonchev–Trinajstić information content (AvgIpc) is 1.85. The van der Waals surface area contributed by atoms with Crippen LogP contribution in [0.25, 0.3) is 0 Å². The molecule has 0 spiro atoms. The molecule has 0 nitrogen and oxygen atoms in total. The Morgan fingerprint density at radius 2 is 1.64 bits per heavy atom. The minimum atomic E-state index is 0.576. The Balaban J connectivity index is 2.37. The second kappa shape index (κ2) is 3.64. The molecule has 1 fully saturated rings. The molecule has 0 heterocycles. The highest BCUT2D eigenvalue weighted by Crippen LogP contribution is 2.43. The molecule has 0 saturated heterocycles. The van der Waals surface area contributed by atoms with Crippen LogP contribution in [0.2, 0.25) is 11.1 Å². The van der Waals surface area contributed by atoms with E-state index < -0.39 is 0 Å². The second-order valence-corrected chi connectivity index (χ2v) is 4.63. The molecule has 0 aromatic carbocycles. The highest BCUT2D eigenvalue weighted by atomic mass is 14.2. The molecule has 1 radical (unpaired) electrons. The molecule has 1 rings (SSSR count). The van der Waals surface area contributed by atoms with Crippen LogP contribution >= 0.6 is 0 Å². The quantitative estimate of drug-likeness (QED) is 0.528. The minimum Gasteiger partial charge on any atom is -0.0738 e. The summed E-state index contributed by atoms with van der Waals surface area (Å²) < 4.78 is 0. The molecular weight excluding hydrogens is 131 g/mol. The van der Waals surface area contributed by atoms with Crippen molar-refractivity contribution in [3.8, 4) is 0 Å². The zero-order valence-corrected chi connectivity index (χ0v) is 8.19. The zero-order valence-electron chi connectivity index (χ0n) is 8.19. The lowest BCUT2D eigenvalue weighted by Gasteiger charge is -2.34. The van der Waals surface area contributed by atoms with E-state index in [1.54, 1.807) is 0 Å². The van der Waals surface area contributed by atoms with Crippen LogP contribution in [-0.4, -0.2) is 7.28 Å². The smallest absolute Gasteiger partial charge is 0.0738 e. The van der Waals surface area contributed by atoms with E-state index >= 15 is 0 Å². The molecule has 0 aromatic rings. The molecule has 0 aromatic heterocycles. The molecule has 0 unspecified atom stereocenters. The largest absolute Gasteiger partial charge is 0.120 e. The molecule has 1 aliphatic rings. The van der Waals surface area contributed by atoms with Gasteiger partial charge in [0.1, 0.15) is 7.28 Å². The SMILES string of the molecule is CC(C)[B]C1(C)CCCCC1. The topological polar surface area (TPSA) is 0 Å². The molecule has 0 bridgehead atoms. The van der Waals surface area contributed by atoms with Crippen LogP contribution in [-0.2, 0) is 0 Å². The Hall–Kier alpha value is 0.0649. The molecule has 63 valence electrons. The fourth-order valence-electron chi connectivity index (χ4n) is 2.33. The van der Waals surface area contributed by atoms with Crippen LogP contribution in [0.15, 0.2) is 0 Å². The van der Waals surface area contributed by atoms with E-state index in [4.69, 9.17) is 0 Å². The first-order chi connectivity index (χ1) is 5.12. The first-order valence-electron chi connectivity index (χ1n) is 4.98. The van der Waals surface area contributed by atoms with Crippen LogP contribution in [0, 0.1) is 0 Å². The van der Waals surface area contributed by atoms with Crippen LogP contribution in [0.4, 0.5) is 0 Å². The average molecular weight is 151 g/mol. The third-order valence-electron chi connectivity index (χ3n) is 2.73. The lowest BCUT2D eigenvalue weighted by atomic mass is 9.43. The van der Waals surface area contributed by atoms with Gasteiger partial charge in [-0.15, -0.1) is 0 Å². The Kier molecular flexibility index (Phi) is 3.03. The van der Waals surface area contributed by atoms with Crippen molar-refractivity contribution in [2.75, 3.05) is 0 Å². The van der Waals surface area contributed by atoms with Crippen LogP contribution in [0.5, 0.6) is 0 Å². The van der Waals surface area contributed by atoms with E-state index in [0.717, 1.165) is 5.82 Å². The van der Waals surface area contributed by atoms with Gasteiger partial charge in [-0.3, -0.25) is 0 Å². The van der Waals surface area contributed by atoms with Crippen molar-refractivity contribution in [1.29, 1.82) is 0 Å². The highest BCUT2D eigenvalue weighted by molar-refractivity contribution is 6.41. The lowest BCUT2D eigenvalue weighted by molar-refractivity contribution is 0.397. The van der Waals surface area contributed by atoms with Gasteiger partial charge in [0.2, 0.25) is 0 Å². The summed E-state index contributed by atoms with van der Waals surface area (Å²) in [7, 11) is 2.55. The van der Waals surface area contributed by atoms with Gasteiger partial charge in [0.15, 0.2) is 0 Å². The molecule has 0 atom stereocenters. The van der Waals surface area contributed by atoms with Crippen molar-refractivity contribution >= 4 is 7.28 Å². The van der Waals surface area contributed by atoms with Crippen molar-refractivity contribution in [3.05, 3.63) is 0 Å². The third-order valence-corrected chi connectivity index (χ3v) is 2.73. The Morgan fingerprint density at radius 1 is 1.09 bits per heavy atom. The van der Waals surface area contributed by atoms with Gasteiger partial charge >= 0.3 is 0 Å². The van der Waals surface area contributed by atoms with Crippen molar-refractivity contribution < 1.29 is 0 Å². The van der Waals surface area contributed by atoms with Gasteiger partial charge in [-0.25, -0.2) is 0 Å². The molecule has 1 aliphatic carbocycles. The van der Waals surface area contributed by atoms with Gasteiger partial charge in [0.25, 0.3) is 0 Å². The number of rotatable bonds is 2. The fourth-order valence-corrected chi connectivity index (χ4v) is 2.33. The predicted octanol–water partition coefficient (Wildman–Crippen LogP) is 3.66. The minimum absolute atomic E-state index is 0.576. The molecule has 0 amide bonds. The van der Waals surface area contributed by atoms with Gasteiger partial charge in [-0.1, -0.05) is 64.0 Å². The van der Waals surface area contributed by atoms with Gasteiger partial charge in [0, 0.05) is 0 Å². The van der Waals surface area contributed by atoms with E-state index in [9.17, 15) is 0 Å². The monoisotopic (exact) mass is 151 g/mol. The Morgan fingerprint density at radius 3 is 2.09 bits per heavy atom. The number of hydrogen-bond acceptors (Lipinski definition) is 0. The standard InChI is InChI=1S/C10H20B/c1-9(2)11-10(3)7-5-4-6-8-10/h9H,4-8H2,1-3H3. The summed E-state index contributed by atoms with van der Waals surface area (Å²) in [6.07, 6.45) is 7.19. The van der Waals surface area contributed by atoms with Crippen molar-refractivity contribution in [2.24, 2.45) is 0 Å². The van der Waals surface area contributed by atoms with E-state index in [0.29, 0.717) is 5.31 Å². The molecule has 1 heteroatoms. The molecule has 0 N–H and O–H groups in total. The van der Waals surface area contributed by atoms with E-state index in [1.165, 1.54) is 32.1 Å². The predicted molar refractivity (Wildman–Crippen MR) is 52.3 cm³/mol. The summed E-state index contributed by atoms with van der Waals surface area (Å²) in [6, 6.07) is 0. The number of hydrogen-bond donors (Lipinski definition) is 0. The van der Waals surface area contributed by atoms with Gasteiger partial charge < -0.3 is 0 Å². The maximum absolute atomic E-state index is 2.55. The first kappa shape index (κ1) is 9.16. The summed E-state index contributed by atoms with van der Waals surface area (Å²) in [6.45, 7) is 7.01.